The predicted molar refractivity (Wildman–Crippen MR) is 85.7 cm³/mol. The summed E-state index contributed by atoms with van der Waals surface area (Å²) >= 11 is 0. The van der Waals surface area contributed by atoms with Crippen molar-refractivity contribution in [3.63, 3.8) is 0 Å². The maximum absolute atomic E-state index is 12.1. The molecule has 1 aromatic carbocycles. The molecule has 0 spiro atoms. The summed E-state index contributed by atoms with van der Waals surface area (Å²) in [7, 11) is 0. The van der Waals surface area contributed by atoms with Crippen LogP contribution in [0.5, 0.6) is 0 Å². The van der Waals surface area contributed by atoms with Crippen LogP contribution in [0.15, 0.2) is 18.2 Å². The van der Waals surface area contributed by atoms with Gasteiger partial charge in [0.1, 0.15) is 0 Å². The second-order valence-electron chi connectivity index (χ2n) is 6.22. The fourth-order valence-electron chi connectivity index (χ4n) is 3.34. The van der Waals surface area contributed by atoms with Crippen LogP contribution >= 0.6 is 0 Å². The van der Waals surface area contributed by atoms with Crippen LogP contribution in [-0.2, 0) is 6.42 Å². The topological polar surface area (TPSA) is 77.0 Å². The van der Waals surface area contributed by atoms with Crippen LogP contribution in [0.2, 0.25) is 0 Å². The zero-order chi connectivity index (χ0) is 15.4. The van der Waals surface area contributed by atoms with Crippen LogP contribution in [0.3, 0.4) is 0 Å². The van der Waals surface area contributed by atoms with Gasteiger partial charge in [0.15, 0.2) is 0 Å². The quantitative estimate of drug-likeness (QED) is 0.785. The van der Waals surface area contributed by atoms with Crippen molar-refractivity contribution in [3.8, 4) is 6.07 Å². The zero-order valence-electron chi connectivity index (χ0n) is 12.7. The lowest BCUT2D eigenvalue weighted by atomic mass is 9.95. The number of carbonyl (C=O) groups is 1. The van der Waals surface area contributed by atoms with Crippen molar-refractivity contribution >= 4 is 11.7 Å². The van der Waals surface area contributed by atoms with Crippen LogP contribution in [0, 0.1) is 11.3 Å². The van der Waals surface area contributed by atoms with Crippen LogP contribution in [-0.4, -0.2) is 24.7 Å². The summed E-state index contributed by atoms with van der Waals surface area (Å²) in [6, 6.07) is 8.12. The van der Waals surface area contributed by atoms with E-state index in [2.05, 4.69) is 22.0 Å². The molecule has 3 rings (SSSR count). The molecule has 0 bridgehead atoms. The third-order valence-corrected chi connectivity index (χ3v) is 4.52. The Morgan fingerprint density at radius 3 is 2.73 bits per heavy atom. The summed E-state index contributed by atoms with van der Waals surface area (Å²) in [5.41, 5.74) is 2.81. The average molecular weight is 298 g/mol. The fourth-order valence-corrected chi connectivity index (χ4v) is 3.34. The van der Waals surface area contributed by atoms with Gasteiger partial charge in [-0.2, -0.15) is 5.26 Å². The first kappa shape index (κ1) is 14.7. The first-order chi connectivity index (χ1) is 10.7. The third kappa shape index (κ3) is 3.51. The zero-order valence-corrected chi connectivity index (χ0v) is 12.7. The molecular formula is C17H22N4O. The highest BCUT2D eigenvalue weighted by atomic mass is 16.2. The highest BCUT2D eigenvalue weighted by molar-refractivity contribution is 5.75. The largest absolute Gasteiger partial charge is 0.383 e. The van der Waals surface area contributed by atoms with E-state index in [1.165, 1.54) is 19.3 Å². The molecule has 5 heteroatoms. The number of nitrogens with zero attached hydrogens (tertiary/aromatic N) is 1. The SMILES string of the molecule is N#Cc1ccc2c(c1)CC(NC(=O)NC1CCCCC1)CN2. The highest BCUT2D eigenvalue weighted by Gasteiger charge is 2.22. The maximum Gasteiger partial charge on any atom is 0.315 e. The Kier molecular flexibility index (Phi) is 4.47. The van der Waals surface area contributed by atoms with Gasteiger partial charge in [0.2, 0.25) is 0 Å². The number of benzene rings is 1. The van der Waals surface area contributed by atoms with Gasteiger partial charge < -0.3 is 16.0 Å². The van der Waals surface area contributed by atoms with Crippen LogP contribution in [0.25, 0.3) is 0 Å². The monoisotopic (exact) mass is 298 g/mol. The van der Waals surface area contributed by atoms with E-state index in [1.807, 2.05) is 18.2 Å². The Morgan fingerprint density at radius 2 is 1.95 bits per heavy atom. The van der Waals surface area contributed by atoms with E-state index in [9.17, 15) is 4.79 Å². The van der Waals surface area contributed by atoms with E-state index in [1.54, 1.807) is 0 Å². The summed E-state index contributed by atoms with van der Waals surface area (Å²) in [6.07, 6.45) is 6.64. The lowest BCUT2D eigenvalue weighted by molar-refractivity contribution is 0.229. The molecule has 5 nitrogen and oxygen atoms in total. The van der Waals surface area contributed by atoms with Crippen molar-refractivity contribution in [3.05, 3.63) is 29.3 Å². The van der Waals surface area contributed by atoms with Crippen molar-refractivity contribution in [2.45, 2.75) is 50.6 Å². The second-order valence-corrected chi connectivity index (χ2v) is 6.22. The van der Waals surface area contributed by atoms with Gasteiger partial charge in [-0.1, -0.05) is 19.3 Å². The lowest BCUT2D eigenvalue weighted by Crippen LogP contribution is -2.50. The number of hydrogen-bond donors (Lipinski definition) is 3. The minimum atomic E-state index is -0.0708. The van der Waals surface area contributed by atoms with Gasteiger partial charge in [-0.3, -0.25) is 0 Å². The normalized spacial score (nSPS) is 21.1. The number of fused-ring (bicyclic) bond motifs is 1. The van der Waals surface area contributed by atoms with Gasteiger partial charge in [-0.05, 0) is 43.0 Å². The number of nitriles is 1. The molecule has 3 N–H and O–H groups in total. The molecule has 0 radical (unpaired) electrons. The van der Waals surface area contributed by atoms with Crippen molar-refractivity contribution < 1.29 is 4.79 Å². The summed E-state index contributed by atoms with van der Waals surface area (Å²) in [5, 5.41) is 18.4. The van der Waals surface area contributed by atoms with Gasteiger partial charge in [-0.25, -0.2) is 4.79 Å². The van der Waals surface area contributed by atoms with E-state index in [-0.39, 0.29) is 12.1 Å². The molecular weight excluding hydrogens is 276 g/mol. The number of anilines is 1. The van der Waals surface area contributed by atoms with Crippen molar-refractivity contribution in [2.24, 2.45) is 0 Å². The van der Waals surface area contributed by atoms with Crippen molar-refractivity contribution in [1.82, 2.24) is 10.6 Å². The molecule has 1 unspecified atom stereocenters. The molecule has 1 aliphatic carbocycles. The smallest absolute Gasteiger partial charge is 0.315 e. The third-order valence-electron chi connectivity index (χ3n) is 4.52. The van der Waals surface area contributed by atoms with Crippen molar-refractivity contribution in [2.75, 3.05) is 11.9 Å². The number of urea groups is 1. The molecule has 1 fully saturated rings. The van der Waals surface area contributed by atoms with Gasteiger partial charge >= 0.3 is 6.03 Å². The molecule has 1 heterocycles. The van der Waals surface area contributed by atoms with Crippen LogP contribution < -0.4 is 16.0 Å². The Morgan fingerprint density at radius 1 is 1.18 bits per heavy atom. The predicted octanol–water partition coefficient (Wildman–Crippen LogP) is 2.53. The Labute approximate surface area is 131 Å². The Bertz CT molecular complexity index is 587. The molecule has 1 aliphatic heterocycles. The van der Waals surface area contributed by atoms with Crippen molar-refractivity contribution in [1.29, 1.82) is 5.26 Å². The molecule has 2 amide bonds. The van der Waals surface area contributed by atoms with Gasteiger partial charge in [0.05, 0.1) is 17.7 Å². The number of carbonyl (C=O) groups excluding carboxylic acids is 1. The fraction of sp³-hybridized carbons (Fsp3) is 0.529. The van der Waals surface area contributed by atoms with Gasteiger partial charge in [0.25, 0.3) is 0 Å². The molecule has 0 saturated heterocycles. The average Bonchev–Trinajstić information content (AvgIpc) is 2.55. The second kappa shape index (κ2) is 6.69. The molecule has 1 saturated carbocycles. The first-order valence-electron chi connectivity index (χ1n) is 8.08. The number of rotatable bonds is 2. The minimum absolute atomic E-state index is 0.0602. The molecule has 22 heavy (non-hydrogen) atoms. The number of hydrogen-bond acceptors (Lipinski definition) is 3. The van der Waals surface area contributed by atoms with E-state index in [4.69, 9.17) is 5.26 Å². The Hall–Kier alpha value is -2.22. The standard InChI is InChI=1S/C17H22N4O/c18-10-12-6-7-16-13(8-12)9-15(11-19-16)21-17(22)20-14-4-2-1-3-5-14/h6-8,14-15,19H,1-5,9,11H2,(H2,20,21,22). The number of amides is 2. The Balaban J connectivity index is 1.55. The number of nitrogens with one attached hydrogen (secondary N) is 3. The maximum atomic E-state index is 12.1. The summed E-state index contributed by atoms with van der Waals surface area (Å²) in [6.45, 7) is 0.719. The van der Waals surface area contributed by atoms with E-state index in [0.29, 0.717) is 11.6 Å². The molecule has 2 aliphatic rings. The molecule has 0 aromatic heterocycles. The van der Waals surface area contributed by atoms with Gasteiger partial charge in [0, 0.05) is 18.3 Å². The lowest BCUT2D eigenvalue weighted by Gasteiger charge is -2.29. The summed E-state index contributed by atoms with van der Waals surface area (Å²) in [4.78, 5) is 12.1. The van der Waals surface area contributed by atoms with E-state index in [0.717, 1.165) is 37.1 Å². The first-order valence-corrected chi connectivity index (χ1v) is 8.08. The highest BCUT2D eigenvalue weighted by Crippen LogP contribution is 2.23. The summed E-state index contributed by atoms with van der Waals surface area (Å²) < 4.78 is 0. The summed E-state index contributed by atoms with van der Waals surface area (Å²) in [5.74, 6) is 0. The molecule has 1 atom stereocenters. The van der Waals surface area contributed by atoms with E-state index < -0.39 is 0 Å². The van der Waals surface area contributed by atoms with Crippen LogP contribution in [0.4, 0.5) is 10.5 Å². The van der Waals surface area contributed by atoms with Crippen LogP contribution in [0.1, 0.15) is 43.2 Å². The minimum Gasteiger partial charge on any atom is -0.383 e. The van der Waals surface area contributed by atoms with Gasteiger partial charge in [-0.15, -0.1) is 0 Å². The molecule has 116 valence electrons. The molecule has 1 aromatic rings. The van der Waals surface area contributed by atoms with E-state index >= 15 is 0 Å².